The summed E-state index contributed by atoms with van der Waals surface area (Å²) in [6.45, 7) is 9.42. The molecule has 0 radical (unpaired) electrons. The second kappa shape index (κ2) is 8.34. The summed E-state index contributed by atoms with van der Waals surface area (Å²) in [5.74, 6) is 0.767. The van der Waals surface area contributed by atoms with Gasteiger partial charge in [-0.05, 0) is 75.1 Å². The van der Waals surface area contributed by atoms with E-state index in [1.807, 2.05) is 0 Å². The second-order valence-corrected chi connectivity index (χ2v) is 9.69. The van der Waals surface area contributed by atoms with E-state index in [9.17, 15) is 8.42 Å². The van der Waals surface area contributed by atoms with Crippen LogP contribution in [0.25, 0.3) is 0 Å². The van der Waals surface area contributed by atoms with Crippen molar-refractivity contribution in [1.82, 2.24) is 4.72 Å². The lowest BCUT2D eigenvalue weighted by atomic mass is 10.0. The molecule has 1 atom stereocenters. The van der Waals surface area contributed by atoms with Gasteiger partial charge < -0.3 is 5.32 Å². The zero-order chi connectivity index (χ0) is 17.7. The van der Waals surface area contributed by atoms with Gasteiger partial charge in [-0.25, -0.2) is 13.1 Å². The molecule has 2 rings (SSSR count). The Morgan fingerprint density at radius 2 is 1.83 bits per heavy atom. The topological polar surface area (TPSA) is 58.2 Å². The molecule has 1 aliphatic carbocycles. The maximum atomic E-state index is 11.6. The zero-order valence-corrected chi connectivity index (χ0v) is 16.3. The van der Waals surface area contributed by atoms with E-state index in [0.717, 1.165) is 31.7 Å². The highest BCUT2D eigenvalue weighted by molar-refractivity contribution is 7.90. The van der Waals surface area contributed by atoms with Crippen LogP contribution in [0.5, 0.6) is 0 Å². The van der Waals surface area contributed by atoms with Crippen LogP contribution in [0.1, 0.15) is 56.7 Å². The Kier molecular flexibility index (Phi) is 6.70. The number of nitrogens with one attached hydrogen (secondary N) is 2. The molecule has 1 aromatic carbocycles. The van der Waals surface area contributed by atoms with Gasteiger partial charge in [-0.1, -0.05) is 19.4 Å². The Bertz CT molecular complexity index is 654. The number of sulfonamides is 1. The predicted molar refractivity (Wildman–Crippen MR) is 102 cm³/mol. The zero-order valence-electron chi connectivity index (χ0n) is 15.5. The van der Waals surface area contributed by atoms with E-state index in [4.69, 9.17) is 0 Å². The van der Waals surface area contributed by atoms with Crippen molar-refractivity contribution in [3.63, 3.8) is 0 Å². The molecule has 0 aromatic heterocycles. The SMILES string of the molecule is Cc1c(NCCCCCNS(=O)(=O)C(C)C)ccc2c1CC(C)C2. The lowest BCUT2D eigenvalue weighted by Gasteiger charge is -2.13. The molecule has 0 spiro atoms. The van der Waals surface area contributed by atoms with Crippen LogP contribution in [0.4, 0.5) is 5.69 Å². The molecule has 0 saturated heterocycles. The first-order chi connectivity index (χ1) is 11.3. The van der Waals surface area contributed by atoms with Crippen molar-refractivity contribution < 1.29 is 8.42 Å². The van der Waals surface area contributed by atoms with Gasteiger partial charge in [0.2, 0.25) is 10.0 Å². The quantitative estimate of drug-likeness (QED) is 0.667. The first-order valence-corrected chi connectivity index (χ1v) is 10.7. The second-order valence-electron chi connectivity index (χ2n) is 7.36. The highest BCUT2D eigenvalue weighted by atomic mass is 32.2. The fourth-order valence-corrected chi connectivity index (χ4v) is 4.07. The summed E-state index contributed by atoms with van der Waals surface area (Å²) in [7, 11) is -3.12. The maximum absolute atomic E-state index is 11.6. The van der Waals surface area contributed by atoms with Gasteiger partial charge in [0, 0.05) is 18.8 Å². The number of anilines is 1. The third kappa shape index (κ3) is 4.96. The number of rotatable bonds is 9. The van der Waals surface area contributed by atoms with Gasteiger partial charge >= 0.3 is 0 Å². The first kappa shape index (κ1) is 19.3. The van der Waals surface area contributed by atoms with Crippen molar-refractivity contribution in [2.45, 2.75) is 65.0 Å². The highest BCUT2D eigenvalue weighted by Gasteiger charge is 2.20. The molecule has 1 aromatic rings. The van der Waals surface area contributed by atoms with Crippen LogP contribution in [0.3, 0.4) is 0 Å². The van der Waals surface area contributed by atoms with Crippen molar-refractivity contribution in [1.29, 1.82) is 0 Å². The van der Waals surface area contributed by atoms with Crippen LogP contribution >= 0.6 is 0 Å². The molecule has 2 N–H and O–H groups in total. The third-order valence-electron chi connectivity index (χ3n) is 4.91. The summed E-state index contributed by atoms with van der Waals surface area (Å²) in [4.78, 5) is 0. The van der Waals surface area contributed by atoms with Gasteiger partial charge in [0.1, 0.15) is 0 Å². The lowest BCUT2D eigenvalue weighted by molar-refractivity contribution is 0.566. The minimum atomic E-state index is -3.12. The molecular weight excluding hydrogens is 320 g/mol. The smallest absolute Gasteiger partial charge is 0.213 e. The Balaban J connectivity index is 1.68. The van der Waals surface area contributed by atoms with Gasteiger partial charge in [0.15, 0.2) is 0 Å². The minimum Gasteiger partial charge on any atom is -0.385 e. The molecule has 0 aliphatic heterocycles. The van der Waals surface area contributed by atoms with Crippen molar-refractivity contribution >= 4 is 15.7 Å². The van der Waals surface area contributed by atoms with E-state index in [2.05, 4.69) is 36.0 Å². The average molecular weight is 353 g/mol. The number of hydrogen-bond acceptors (Lipinski definition) is 3. The molecule has 1 aliphatic rings. The molecule has 136 valence electrons. The van der Waals surface area contributed by atoms with E-state index in [1.165, 1.54) is 35.2 Å². The highest BCUT2D eigenvalue weighted by Crippen LogP contribution is 2.32. The normalized spacial score (nSPS) is 17.3. The van der Waals surface area contributed by atoms with Crippen molar-refractivity contribution in [3.05, 3.63) is 28.8 Å². The van der Waals surface area contributed by atoms with Crippen molar-refractivity contribution in [2.75, 3.05) is 18.4 Å². The van der Waals surface area contributed by atoms with Crippen molar-refractivity contribution in [2.24, 2.45) is 5.92 Å². The van der Waals surface area contributed by atoms with Crippen LogP contribution in [-0.4, -0.2) is 26.8 Å². The first-order valence-electron chi connectivity index (χ1n) is 9.15. The summed E-state index contributed by atoms with van der Waals surface area (Å²) in [5.41, 5.74) is 5.71. The monoisotopic (exact) mass is 352 g/mol. The molecule has 24 heavy (non-hydrogen) atoms. The Hall–Kier alpha value is -1.07. The van der Waals surface area contributed by atoms with Gasteiger partial charge in [-0.2, -0.15) is 0 Å². The average Bonchev–Trinajstić information content (AvgIpc) is 2.89. The van der Waals surface area contributed by atoms with Gasteiger partial charge in [-0.15, -0.1) is 0 Å². The van der Waals surface area contributed by atoms with E-state index >= 15 is 0 Å². The van der Waals surface area contributed by atoms with Gasteiger partial charge in [0.25, 0.3) is 0 Å². The number of unbranched alkanes of at least 4 members (excludes halogenated alkanes) is 2. The van der Waals surface area contributed by atoms with E-state index in [0.29, 0.717) is 6.54 Å². The molecule has 1 unspecified atom stereocenters. The molecule has 0 saturated carbocycles. The van der Waals surface area contributed by atoms with Crippen LogP contribution < -0.4 is 10.0 Å². The Morgan fingerprint density at radius 3 is 2.54 bits per heavy atom. The molecule has 0 heterocycles. The number of hydrogen-bond donors (Lipinski definition) is 2. The standard InChI is InChI=1S/C19H32N2O2S/c1-14(2)24(22,23)21-11-7-5-6-10-20-19-9-8-17-12-15(3)13-18(17)16(19)4/h8-9,14-15,20-21H,5-7,10-13H2,1-4H3. The largest absolute Gasteiger partial charge is 0.385 e. The molecule has 0 bridgehead atoms. The maximum Gasteiger partial charge on any atom is 0.213 e. The third-order valence-corrected chi connectivity index (χ3v) is 6.76. The molecule has 0 fully saturated rings. The Labute approximate surface area is 147 Å². The number of benzene rings is 1. The summed E-state index contributed by atoms with van der Waals surface area (Å²) in [6, 6.07) is 4.48. The van der Waals surface area contributed by atoms with Crippen LogP contribution in [0, 0.1) is 12.8 Å². The molecule has 0 amide bonds. The van der Waals surface area contributed by atoms with E-state index in [1.54, 1.807) is 13.8 Å². The summed E-state index contributed by atoms with van der Waals surface area (Å²) >= 11 is 0. The summed E-state index contributed by atoms with van der Waals surface area (Å²) in [5, 5.41) is 3.19. The van der Waals surface area contributed by atoms with Gasteiger partial charge in [0.05, 0.1) is 5.25 Å². The number of fused-ring (bicyclic) bond motifs is 1. The lowest BCUT2D eigenvalue weighted by Crippen LogP contribution is -2.31. The van der Waals surface area contributed by atoms with Crippen LogP contribution in [-0.2, 0) is 22.9 Å². The Morgan fingerprint density at radius 1 is 1.12 bits per heavy atom. The minimum absolute atomic E-state index is 0.357. The van der Waals surface area contributed by atoms with E-state index in [-0.39, 0.29) is 5.25 Å². The fourth-order valence-electron chi connectivity index (χ4n) is 3.31. The van der Waals surface area contributed by atoms with Crippen LogP contribution in [0.15, 0.2) is 12.1 Å². The van der Waals surface area contributed by atoms with Crippen LogP contribution in [0.2, 0.25) is 0 Å². The van der Waals surface area contributed by atoms with Crippen molar-refractivity contribution in [3.8, 4) is 0 Å². The summed E-state index contributed by atoms with van der Waals surface area (Å²) < 4.78 is 25.9. The summed E-state index contributed by atoms with van der Waals surface area (Å²) in [6.07, 6.45) is 5.37. The fraction of sp³-hybridized carbons (Fsp3) is 0.684. The van der Waals surface area contributed by atoms with E-state index < -0.39 is 10.0 Å². The molecule has 5 heteroatoms. The predicted octanol–water partition coefficient (Wildman–Crippen LogP) is 3.64. The molecule has 4 nitrogen and oxygen atoms in total. The molecular formula is C19H32N2O2S. The van der Waals surface area contributed by atoms with Gasteiger partial charge in [-0.3, -0.25) is 0 Å².